The van der Waals surface area contributed by atoms with Crippen LogP contribution in [0.15, 0.2) is 66.9 Å². The molecule has 0 bridgehead atoms. The molecule has 0 saturated carbocycles. The first-order valence-electron chi connectivity index (χ1n) is 7.75. The van der Waals surface area contributed by atoms with Crippen LogP contribution in [0.1, 0.15) is 6.92 Å². The zero-order valence-electron chi connectivity index (χ0n) is 12.9. The Morgan fingerprint density at radius 1 is 0.739 bits per heavy atom. The minimum absolute atomic E-state index is 0.645. The fraction of sp³-hybridized carbons (Fsp3) is 0.100. The molecule has 1 N–H and O–H groups in total. The number of fused-ring (bicyclic) bond motifs is 2. The monoisotopic (exact) mass is 303 g/mol. The molecule has 23 heavy (non-hydrogen) atoms. The molecule has 1 aromatic heterocycles. The van der Waals surface area contributed by atoms with Crippen LogP contribution in [0, 0.1) is 0 Å². The zero-order chi connectivity index (χ0) is 15.6. The molecule has 0 fully saturated rings. The third kappa shape index (κ3) is 2.40. The van der Waals surface area contributed by atoms with Gasteiger partial charge in [-0.2, -0.15) is 0 Å². The van der Waals surface area contributed by atoms with Crippen LogP contribution in [0.5, 0.6) is 17.2 Å². The molecule has 3 aromatic carbocycles. The van der Waals surface area contributed by atoms with Crippen LogP contribution >= 0.6 is 0 Å². The summed E-state index contributed by atoms with van der Waals surface area (Å²) in [7, 11) is 0. The average molecular weight is 303 g/mol. The predicted molar refractivity (Wildman–Crippen MR) is 93.5 cm³/mol. The lowest BCUT2D eigenvalue weighted by atomic mass is 10.1. The van der Waals surface area contributed by atoms with E-state index in [1.807, 2.05) is 55.6 Å². The quantitative estimate of drug-likeness (QED) is 0.539. The summed E-state index contributed by atoms with van der Waals surface area (Å²) in [6.07, 6.45) is 1.90. The molecule has 0 aliphatic carbocycles. The molecule has 114 valence electrons. The molecule has 0 atom stereocenters. The molecule has 0 saturated heterocycles. The van der Waals surface area contributed by atoms with Gasteiger partial charge in [-0.15, -0.1) is 0 Å². The van der Waals surface area contributed by atoms with Crippen molar-refractivity contribution in [1.82, 2.24) is 4.98 Å². The predicted octanol–water partition coefficient (Wildman–Crippen LogP) is 5.51. The van der Waals surface area contributed by atoms with Crippen LogP contribution in [0.25, 0.3) is 21.7 Å². The van der Waals surface area contributed by atoms with Gasteiger partial charge in [-0.25, -0.2) is 0 Å². The van der Waals surface area contributed by atoms with E-state index in [-0.39, 0.29) is 0 Å². The van der Waals surface area contributed by atoms with E-state index in [4.69, 9.17) is 9.47 Å². The Bertz CT molecular complexity index is 972. The first kappa shape index (κ1) is 13.7. The Hall–Kier alpha value is -2.94. The molecule has 4 aromatic rings. The summed E-state index contributed by atoms with van der Waals surface area (Å²) >= 11 is 0. The minimum Gasteiger partial charge on any atom is -0.493 e. The number of rotatable bonds is 4. The van der Waals surface area contributed by atoms with Crippen molar-refractivity contribution in [3.8, 4) is 17.2 Å². The van der Waals surface area contributed by atoms with Crippen molar-refractivity contribution in [2.45, 2.75) is 6.92 Å². The number of ether oxygens (including phenoxy) is 2. The molecule has 0 aliphatic heterocycles. The van der Waals surface area contributed by atoms with Gasteiger partial charge in [0.25, 0.3) is 0 Å². The number of benzene rings is 3. The van der Waals surface area contributed by atoms with Gasteiger partial charge in [0.15, 0.2) is 5.75 Å². The molecular weight excluding hydrogens is 286 g/mol. The van der Waals surface area contributed by atoms with E-state index >= 15 is 0 Å². The van der Waals surface area contributed by atoms with E-state index in [2.05, 4.69) is 23.2 Å². The summed E-state index contributed by atoms with van der Waals surface area (Å²) in [5.41, 5.74) is 1.07. The fourth-order valence-electron chi connectivity index (χ4n) is 2.86. The van der Waals surface area contributed by atoms with Gasteiger partial charge >= 0.3 is 0 Å². The third-order valence-electron chi connectivity index (χ3n) is 3.92. The number of para-hydroxylation sites is 1. The Labute approximate surface area is 134 Å². The van der Waals surface area contributed by atoms with Gasteiger partial charge in [-0.1, -0.05) is 36.4 Å². The second kappa shape index (κ2) is 5.69. The smallest absolute Gasteiger partial charge is 0.152 e. The summed E-state index contributed by atoms with van der Waals surface area (Å²) in [6.45, 7) is 2.64. The van der Waals surface area contributed by atoms with Crippen LogP contribution in [0.2, 0.25) is 0 Å². The molecule has 3 heteroatoms. The standard InChI is InChI=1S/C20H17NO2/c1-2-22-18-11-12-19(15-8-4-3-7-14(15)18)23-20-13-21-17-10-6-5-9-16(17)20/h3-13,21H,2H2,1H3. The second-order valence-corrected chi connectivity index (χ2v) is 5.34. The number of aromatic nitrogens is 1. The lowest BCUT2D eigenvalue weighted by molar-refractivity contribution is 0.344. The maximum atomic E-state index is 6.19. The van der Waals surface area contributed by atoms with E-state index in [9.17, 15) is 0 Å². The summed E-state index contributed by atoms with van der Waals surface area (Å²) in [4.78, 5) is 3.24. The van der Waals surface area contributed by atoms with Gasteiger partial charge in [0.2, 0.25) is 0 Å². The number of aromatic amines is 1. The maximum Gasteiger partial charge on any atom is 0.152 e. The average Bonchev–Trinajstić information content (AvgIpc) is 3.00. The SMILES string of the molecule is CCOc1ccc(Oc2c[nH]c3ccccc23)c2ccccc12. The fourth-order valence-corrected chi connectivity index (χ4v) is 2.86. The van der Waals surface area contributed by atoms with Gasteiger partial charge < -0.3 is 14.5 Å². The molecular formula is C20H17NO2. The van der Waals surface area contributed by atoms with Crippen LogP contribution in [-0.2, 0) is 0 Å². The normalized spacial score (nSPS) is 11.0. The highest BCUT2D eigenvalue weighted by Gasteiger charge is 2.10. The van der Waals surface area contributed by atoms with Crippen molar-refractivity contribution in [2.75, 3.05) is 6.61 Å². The minimum atomic E-state index is 0.645. The highest BCUT2D eigenvalue weighted by atomic mass is 16.5. The highest BCUT2D eigenvalue weighted by molar-refractivity contribution is 5.94. The summed E-state index contributed by atoms with van der Waals surface area (Å²) < 4.78 is 11.9. The van der Waals surface area contributed by atoms with Gasteiger partial charge in [-0.05, 0) is 31.2 Å². The maximum absolute atomic E-state index is 6.19. The summed E-state index contributed by atoms with van der Waals surface area (Å²) in [5, 5.41) is 3.18. The Morgan fingerprint density at radius 3 is 2.17 bits per heavy atom. The van der Waals surface area contributed by atoms with Gasteiger partial charge in [0.05, 0.1) is 6.61 Å². The van der Waals surface area contributed by atoms with Crippen molar-refractivity contribution in [3.05, 3.63) is 66.9 Å². The van der Waals surface area contributed by atoms with E-state index in [0.717, 1.165) is 38.9 Å². The molecule has 0 unspecified atom stereocenters. The van der Waals surface area contributed by atoms with Crippen LogP contribution in [0.3, 0.4) is 0 Å². The van der Waals surface area contributed by atoms with Crippen molar-refractivity contribution < 1.29 is 9.47 Å². The van der Waals surface area contributed by atoms with E-state index in [0.29, 0.717) is 6.61 Å². The van der Waals surface area contributed by atoms with Crippen molar-refractivity contribution >= 4 is 21.7 Å². The van der Waals surface area contributed by atoms with Crippen LogP contribution in [0.4, 0.5) is 0 Å². The number of hydrogen-bond acceptors (Lipinski definition) is 2. The Balaban J connectivity index is 1.82. The lowest BCUT2D eigenvalue weighted by Gasteiger charge is -2.12. The third-order valence-corrected chi connectivity index (χ3v) is 3.92. The van der Waals surface area contributed by atoms with Crippen LogP contribution < -0.4 is 9.47 Å². The van der Waals surface area contributed by atoms with E-state index < -0.39 is 0 Å². The Kier molecular flexibility index (Phi) is 3.39. The second-order valence-electron chi connectivity index (χ2n) is 5.34. The number of H-pyrrole nitrogens is 1. The molecule has 4 rings (SSSR count). The first-order valence-corrected chi connectivity index (χ1v) is 7.75. The molecule has 0 radical (unpaired) electrons. The van der Waals surface area contributed by atoms with Crippen molar-refractivity contribution in [2.24, 2.45) is 0 Å². The van der Waals surface area contributed by atoms with Gasteiger partial charge in [-0.3, -0.25) is 0 Å². The summed E-state index contributed by atoms with van der Waals surface area (Å²) in [6, 6.07) is 20.2. The number of nitrogens with one attached hydrogen (secondary N) is 1. The molecule has 0 aliphatic rings. The summed E-state index contributed by atoms with van der Waals surface area (Å²) in [5.74, 6) is 2.54. The highest BCUT2D eigenvalue weighted by Crippen LogP contribution is 2.37. The topological polar surface area (TPSA) is 34.2 Å². The molecule has 3 nitrogen and oxygen atoms in total. The van der Waals surface area contributed by atoms with E-state index in [1.54, 1.807) is 0 Å². The van der Waals surface area contributed by atoms with Gasteiger partial charge in [0, 0.05) is 27.9 Å². The molecule has 0 spiro atoms. The number of hydrogen-bond donors (Lipinski definition) is 1. The van der Waals surface area contributed by atoms with Gasteiger partial charge in [0.1, 0.15) is 11.5 Å². The largest absolute Gasteiger partial charge is 0.493 e. The van der Waals surface area contributed by atoms with Crippen molar-refractivity contribution in [1.29, 1.82) is 0 Å². The molecule has 1 heterocycles. The van der Waals surface area contributed by atoms with Crippen LogP contribution in [-0.4, -0.2) is 11.6 Å². The van der Waals surface area contributed by atoms with E-state index in [1.165, 1.54) is 0 Å². The zero-order valence-corrected chi connectivity index (χ0v) is 12.9. The lowest BCUT2D eigenvalue weighted by Crippen LogP contribution is -1.93. The van der Waals surface area contributed by atoms with Crippen molar-refractivity contribution in [3.63, 3.8) is 0 Å². The Morgan fingerprint density at radius 2 is 1.39 bits per heavy atom. The molecule has 0 amide bonds. The first-order chi connectivity index (χ1) is 11.4.